The minimum atomic E-state index is -0.0445. The molecule has 0 aliphatic rings. The largest absolute Gasteiger partial charge is 0.327 e. The van der Waals surface area contributed by atoms with Crippen LogP contribution in [0.3, 0.4) is 0 Å². The van der Waals surface area contributed by atoms with Gasteiger partial charge in [-0.05, 0) is 31.9 Å². The van der Waals surface area contributed by atoms with Gasteiger partial charge in [-0.3, -0.25) is 0 Å². The maximum atomic E-state index is 6.33. The number of imidazole rings is 1. The SMILES string of the molecule is CCCCCCCCn1c(C(C)Cl)nc2cccc(C)c21. The summed E-state index contributed by atoms with van der Waals surface area (Å²) in [6.07, 6.45) is 7.86. The Labute approximate surface area is 133 Å². The molecule has 1 aromatic heterocycles. The maximum absolute atomic E-state index is 6.33. The fourth-order valence-electron chi connectivity index (χ4n) is 2.96. The van der Waals surface area contributed by atoms with Crippen molar-refractivity contribution in [3.63, 3.8) is 0 Å². The molecule has 0 aliphatic heterocycles. The fraction of sp³-hybridized carbons (Fsp3) is 0.611. The number of halogens is 1. The van der Waals surface area contributed by atoms with Gasteiger partial charge in [0.15, 0.2) is 0 Å². The minimum absolute atomic E-state index is 0.0445. The standard InChI is InChI=1S/C18H27ClN2/c1-4-5-6-7-8-9-13-21-17-14(2)11-10-12-16(17)20-18(21)15(3)19/h10-12,15H,4-9,13H2,1-3H3. The first-order chi connectivity index (χ1) is 10.1. The molecule has 2 aromatic rings. The average molecular weight is 307 g/mol. The Bertz CT molecular complexity index is 572. The molecule has 2 rings (SSSR count). The van der Waals surface area contributed by atoms with Crippen molar-refractivity contribution >= 4 is 22.6 Å². The number of rotatable bonds is 8. The van der Waals surface area contributed by atoms with E-state index >= 15 is 0 Å². The van der Waals surface area contributed by atoms with Crippen molar-refractivity contribution in [2.75, 3.05) is 0 Å². The molecule has 0 bridgehead atoms. The molecule has 0 fully saturated rings. The van der Waals surface area contributed by atoms with Crippen molar-refractivity contribution in [3.8, 4) is 0 Å². The zero-order valence-electron chi connectivity index (χ0n) is 13.5. The van der Waals surface area contributed by atoms with E-state index in [1.165, 1.54) is 49.6 Å². The summed E-state index contributed by atoms with van der Waals surface area (Å²) in [4.78, 5) is 4.73. The lowest BCUT2D eigenvalue weighted by atomic mass is 10.1. The Morgan fingerprint density at radius 2 is 1.86 bits per heavy atom. The van der Waals surface area contributed by atoms with E-state index in [0.717, 1.165) is 17.9 Å². The van der Waals surface area contributed by atoms with E-state index in [-0.39, 0.29) is 5.38 Å². The van der Waals surface area contributed by atoms with E-state index in [0.29, 0.717) is 0 Å². The van der Waals surface area contributed by atoms with Crippen molar-refractivity contribution in [1.29, 1.82) is 0 Å². The number of hydrogen-bond acceptors (Lipinski definition) is 1. The van der Waals surface area contributed by atoms with Gasteiger partial charge in [-0.1, -0.05) is 51.2 Å². The minimum Gasteiger partial charge on any atom is -0.327 e. The lowest BCUT2D eigenvalue weighted by Gasteiger charge is -2.11. The number of nitrogens with zero attached hydrogens (tertiary/aromatic N) is 2. The summed E-state index contributed by atoms with van der Waals surface area (Å²) in [5, 5.41) is -0.0445. The van der Waals surface area contributed by atoms with E-state index in [1.807, 2.05) is 6.92 Å². The lowest BCUT2D eigenvalue weighted by Crippen LogP contribution is -2.05. The monoisotopic (exact) mass is 306 g/mol. The molecule has 0 saturated heterocycles. The summed E-state index contributed by atoms with van der Waals surface area (Å²) in [5.41, 5.74) is 3.62. The normalized spacial score (nSPS) is 13.0. The predicted octanol–water partition coefficient (Wildman–Crippen LogP) is 6.01. The first kappa shape index (κ1) is 16.4. The number of benzene rings is 1. The highest BCUT2D eigenvalue weighted by molar-refractivity contribution is 6.20. The number of unbranched alkanes of at least 4 members (excludes halogenated alkanes) is 5. The van der Waals surface area contributed by atoms with Gasteiger partial charge in [0.2, 0.25) is 0 Å². The van der Waals surface area contributed by atoms with Crippen LogP contribution in [0.5, 0.6) is 0 Å². The third-order valence-corrected chi connectivity index (χ3v) is 4.28. The lowest BCUT2D eigenvalue weighted by molar-refractivity contribution is 0.552. The third-order valence-electron chi connectivity index (χ3n) is 4.09. The Balaban J connectivity index is 2.11. The van der Waals surface area contributed by atoms with Gasteiger partial charge in [-0.25, -0.2) is 4.98 Å². The second-order valence-corrected chi connectivity index (χ2v) is 6.60. The Kier molecular flexibility index (Phi) is 6.10. The Morgan fingerprint density at radius 1 is 1.14 bits per heavy atom. The molecule has 1 unspecified atom stereocenters. The van der Waals surface area contributed by atoms with Crippen molar-refractivity contribution < 1.29 is 0 Å². The first-order valence-corrected chi connectivity index (χ1v) is 8.68. The van der Waals surface area contributed by atoms with Gasteiger partial charge in [-0.15, -0.1) is 11.6 Å². The highest BCUT2D eigenvalue weighted by Crippen LogP contribution is 2.27. The van der Waals surface area contributed by atoms with Crippen LogP contribution >= 0.6 is 11.6 Å². The number of fused-ring (bicyclic) bond motifs is 1. The van der Waals surface area contributed by atoms with Crippen LogP contribution in [0.25, 0.3) is 11.0 Å². The van der Waals surface area contributed by atoms with Crippen molar-refractivity contribution in [3.05, 3.63) is 29.6 Å². The molecule has 3 heteroatoms. The van der Waals surface area contributed by atoms with E-state index in [1.54, 1.807) is 0 Å². The smallest absolute Gasteiger partial charge is 0.127 e. The number of alkyl halides is 1. The van der Waals surface area contributed by atoms with Crippen LogP contribution in [0, 0.1) is 6.92 Å². The molecule has 0 N–H and O–H groups in total. The molecule has 1 aromatic carbocycles. The molecule has 1 atom stereocenters. The van der Waals surface area contributed by atoms with Gasteiger partial charge >= 0.3 is 0 Å². The molecule has 1 heterocycles. The zero-order valence-corrected chi connectivity index (χ0v) is 14.3. The number of para-hydroxylation sites is 1. The predicted molar refractivity (Wildman–Crippen MR) is 92.1 cm³/mol. The third kappa shape index (κ3) is 4.00. The molecular formula is C18H27ClN2. The molecule has 0 aliphatic carbocycles. The van der Waals surface area contributed by atoms with E-state index in [2.05, 4.69) is 36.6 Å². The highest BCUT2D eigenvalue weighted by atomic mass is 35.5. The van der Waals surface area contributed by atoms with Gasteiger partial charge in [0, 0.05) is 6.54 Å². The van der Waals surface area contributed by atoms with E-state index in [4.69, 9.17) is 16.6 Å². The number of aromatic nitrogens is 2. The summed E-state index contributed by atoms with van der Waals surface area (Å²) < 4.78 is 2.34. The summed E-state index contributed by atoms with van der Waals surface area (Å²) in [5.74, 6) is 1.01. The maximum Gasteiger partial charge on any atom is 0.127 e. The Hall–Kier alpha value is -1.02. The van der Waals surface area contributed by atoms with Crippen LogP contribution in [0.4, 0.5) is 0 Å². The van der Waals surface area contributed by atoms with Gasteiger partial charge in [0.25, 0.3) is 0 Å². The highest BCUT2D eigenvalue weighted by Gasteiger charge is 2.15. The zero-order chi connectivity index (χ0) is 15.2. The molecule has 0 spiro atoms. The molecule has 116 valence electrons. The van der Waals surface area contributed by atoms with Gasteiger partial charge in [-0.2, -0.15) is 0 Å². The van der Waals surface area contributed by atoms with Crippen molar-refractivity contribution in [2.45, 2.75) is 71.2 Å². The van der Waals surface area contributed by atoms with Gasteiger partial charge < -0.3 is 4.57 Å². The summed E-state index contributed by atoms with van der Waals surface area (Å²) >= 11 is 6.33. The van der Waals surface area contributed by atoms with E-state index in [9.17, 15) is 0 Å². The van der Waals surface area contributed by atoms with Crippen LogP contribution in [0.2, 0.25) is 0 Å². The Morgan fingerprint density at radius 3 is 2.57 bits per heavy atom. The second-order valence-electron chi connectivity index (χ2n) is 5.95. The van der Waals surface area contributed by atoms with Crippen molar-refractivity contribution in [1.82, 2.24) is 9.55 Å². The van der Waals surface area contributed by atoms with Crippen LogP contribution < -0.4 is 0 Å². The van der Waals surface area contributed by atoms with Crippen LogP contribution in [0.1, 0.15) is 69.1 Å². The average Bonchev–Trinajstić information content (AvgIpc) is 2.83. The molecule has 0 amide bonds. The number of aryl methyl sites for hydroxylation is 2. The summed E-state index contributed by atoms with van der Waals surface area (Å²) in [7, 11) is 0. The molecule has 2 nitrogen and oxygen atoms in total. The van der Waals surface area contributed by atoms with Crippen molar-refractivity contribution in [2.24, 2.45) is 0 Å². The van der Waals surface area contributed by atoms with Crippen LogP contribution in [0.15, 0.2) is 18.2 Å². The molecular weight excluding hydrogens is 280 g/mol. The summed E-state index contributed by atoms with van der Waals surface area (Å²) in [6, 6.07) is 6.32. The quantitative estimate of drug-likeness (QED) is 0.431. The molecule has 0 radical (unpaired) electrons. The first-order valence-electron chi connectivity index (χ1n) is 8.25. The van der Waals surface area contributed by atoms with Crippen LogP contribution in [-0.2, 0) is 6.54 Å². The fourth-order valence-corrected chi connectivity index (χ4v) is 3.13. The molecule has 21 heavy (non-hydrogen) atoms. The second kappa shape index (κ2) is 7.84. The van der Waals surface area contributed by atoms with Gasteiger partial charge in [0.05, 0.1) is 16.4 Å². The topological polar surface area (TPSA) is 17.8 Å². The van der Waals surface area contributed by atoms with E-state index < -0.39 is 0 Å². The van der Waals surface area contributed by atoms with Crippen LogP contribution in [-0.4, -0.2) is 9.55 Å². The molecule has 0 saturated carbocycles. The summed E-state index contributed by atoms with van der Waals surface area (Å²) in [6.45, 7) is 7.45. The number of hydrogen-bond donors (Lipinski definition) is 0. The van der Waals surface area contributed by atoms with Gasteiger partial charge in [0.1, 0.15) is 5.82 Å².